The Morgan fingerprint density at radius 1 is 0.956 bits per heavy atom. The number of hydrogen-bond donors (Lipinski definition) is 2. The smallest absolute Gasteiger partial charge is 0.258 e. The molecule has 3 heterocycles. The first kappa shape index (κ1) is 43.8. The maximum Gasteiger partial charge on any atom is 0.258 e. The number of ketones is 2. The second-order valence-electron chi connectivity index (χ2n) is 11.2. The summed E-state index contributed by atoms with van der Waals surface area (Å²) in [5, 5.41) is 2.49. The van der Waals surface area contributed by atoms with E-state index in [-0.39, 0.29) is 17.1 Å². The molecule has 7 heteroatoms. The van der Waals surface area contributed by atoms with Crippen molar-refractivity contribution >= 4 is 29.0 Å². The average molecular weight is 640 g/mol. The van der Waals surface area contributed by atoms with Crippen molar-refractivity contribution in [2.75, 3.05) is 0 Å². The number of carbonyl (C=O) groups excluding carboxylic acids is 2. The molecule has 45 heavy (non-hydrogen) atoms. The average Bonchev–Trinajstić information content (AvgIpc) is 3.63. The molecule has 0 amide bonds. The van der Waals surface area contributed by atoms with E-state index < -0.39 is 0 Å². The molecule has 0 aliphatic heterocycles. The van der Waals surface area contributed by atoms with Crippen LogP contribution in [0.15, 0.2) is 47.4 Å². The van der Waals surface area contributed by atoms with Crippen LogP contribution >= 0.6 is 11.3 Å². The summed E-state index contributed by atoms with van der Waals surface area (Å²) in [6.45, 7) is 25.7. The molecular formula is C38H61N3O3S. The molecule has 0 spiro atoms. The number of unbranched alkanes of at least 4 members (excludes halogenated alkanes) is 3. The van der Waals surface area contributed by atoms with Gasteiger partial charge < -0.3 is 14.8 Å². The van der Waals surface area contributed by atoms with Gasteiger partial charge in [0.1, 0.15) is 10.8 Å². The SMILES string of the molecule is C=C/C=C\c1c(-c2csc(-c3cc(C(C)=O)c[nH]c3=O)n2)c[nH]c1C.CC(C)=O.CCC.CCCC.CCCCCC(C)CC. The van der Waals surface area contributed by atoms with E-state index in [1.165, 1.54) is 89.7 Å². The van der Waals surface area contributed by atoms with E-state index in [1.54, 1.807) is 12.1 Å². The minimum atomic E-state index is -0.261. The van der Waals surface area contributed by atoms with Crippen molar-refractivity contribution in [3.05, 3.63) is 69.7 Å². The Labute approximate surface area is 277 Å². The van der Waals surface area contributed by atoms with Gasteiger partial charge in [0.15, 0.2) is 5.78 Å². The topological polar surface area (TPSA) is 95.7 Å². The zero-order valence-electron chi connectivity index (χ0n) is 30.1. The second-order valence-corrected chi connectivity index (χ2v) is 12.0. The number of aryl methyl sites for hydroxylation is 1. The van der Waals surface area contributed by atoms with Gasteiger partial charge in [0.25, 0.3) is 5.56 Å². The summed E-state index contributed by atoms with van der Waals surface area (Å²) in [7, 11) is 0. The van der Waals surface area contributed by atoms with Crippen molar-refractivity contribution in [2.45, 2.75) is 128 Å². The van der Waals surface area contributed by atoms with Crippen LogP contribution in [-0.4, -0.2) is 26.5 Å². The molecule has 1 unspecified atom stereocenters. The fourth-order valence-electron chi connectivity index (χ4n) is 3.44. The quantitative estimate of drug-likeness (QED) is 0.124. The summed E-state index contributed by atoms with van der Waals surface area (Å²) < 4.78 is 0. The first-order valence-corrected chi connectivity index (χ1v) is 17.4. The number of pyridine rings is 1. The minimum Gasteiger partial charge on any atom is -0.364 e. The van der Waals surface area contributed by atoms with E-state index in [0.29, 0.717) is 16.1 Å². The first-order chi connectivity index (χ1) is 21.4. The van der Waals surface area contributed by atoms with Crippen molar-refractivity contribution in [3.63, 3.8) is 0 Å². The van der Waals surface area contributed by atoms with Crippen LogP contribution in [-0.2, 0) is 4.79 Å². The molecule has 0 bridgehead atoms. The van der Waals surface area contributed by atoms with Gasteiger partial charge in [-0.1, -0.05) is 125 Å². The zero-order valence-corrected chi connectivity index (χ0v) is 30.9. The van der Waals surface area contributed by atoms with Crippen molar-refractivity contribution in [2.24, 2.45) is 5.92 Å². The van der Waals surface area contributed by atoms with Gasteiger partial charge in [-0.2, -0.15) is 0 Å². The van der Waals surface area contributed by atoms with Crippen LogP contribution in [0.4, 0.5) is 0 Å². The van der Waals surface area contributed by atoms with E-state index >= 15 is 0 Å². The predicted molar refractivity (Wildman–Crippen MR) is 198 cm³/mol. The molecule has 3 aromatic heterocycles. The molecule has 3 rings (SSSR count). The highest BCUT2D eigenvalue weighted by Gasteiger charge is 2.15. The van der Waals surface area contributed by atoms with Crippen LogP contribution in [0.25, 0.3) is 27.9 Å². The number of aromatic amines is 2. The number of nitrogens with zero attached hydrogens (tertiary/aromatic N) is 1. The van der Waals surface area contributed by atoms with Gasteiger partial charge >= 0.3 is 0 Å². The number of H-pyrrole nitrogens is 2. The summed E-state index contributed by atoms with van der Waals surface area (Å²) >= 11 is 1.37. The molecule has 3 aromatic rings. The van der Waals surface area contributed by atoms with Gasteiger partial charge in [-0.15, -0.1) is 11.3 Å². The van der Waals surface area contributed by atoms with Crippen LogP contribution in [0.2, 0.25) is 0 Å². The summed E-state index contributed by atoms with van der Waals surface area (Å²) in [4.78, 5) is 43.5. The van der Waals surface area contributed by atoms with Crippen LogP contribution in [0, 0.1) is 12.8 Å². The van der Waals surface area contributed by atoms with Gasteiger partial charge in [-0.3, -0.25) is 9.59 Å². The normalized spacial score (nSPS) is 10.6. The summed E-state index contributed by atoms with van der Waals surface area (Å²) in [6, 6.07) is 1.59. The van der Waals surface area contributed by atoms with E-state index in [0.717, 1.165) is 28.4 Å². The predicted octanol–water partition coefficient (Wildman–Crippen LogP) is 11.6. The highest BCUT2D eigenvalue weighted by Crippen LogP contribution is 2.31. The summed E-state index contributed by atoms with van der Waals surface area (Å²) in [6.07, 6.45) is 19.8. The number of rotatable bonds is 11. The Hall–Kier alpha value is -3.32. The fourth-order valence-corrected chi connectivity index (χ4v) is 4.28. The van der Waals surface area contributed by atoms with Crippen molar-refractivity contribution in [3.8, 4) is 21.8 Å². The van der Waals surface area contributed by atoms with Gasteiger partial charge in [-0.05, 0) is 39.7 Å². The van der Waals surface area contributed by atoms with Crippen LogP contribution in [0.3, 0.4) is 0 Å². The second kappa shape index (κ2) is 27.0. The maximum absolute atomic E-state index is 12.1. The number of aromatic nitrogens is 3. The van der Waals surface area contributed by atoms with Crippen molar-refractivity contribution < 1.29 is 9.59 Å². The van der Waals surface area contributed by atoms with Gasteiger partial charge in [0.05, 0.1) is 11.3 Å². The third-order valence-corrected chi connectivity index (χ3v) is 7.22. The lowest BCUT2D eigenvalue weighted by Crippen LogP contribution is -2.10. The first-order valence-electron chi connectivity index (χ1n) is 16.5. The van der Waals surface area contributed by atoms with E-state index in [1.807, 2.05) is 30.7 Å². The highest BCUT2D eigenvalue weighted by atomic mass is 32.1. The number of allylic oxidation sites excluding steroid dienone is 2. The zero-order chi connectivity index (χ0) is 34.8. The molecule has 6 nitrogen and oxygen atoms in total. The van der Waals surface area contributed by atoms with E-state index in [4.69, 9.17) is 0 Å². The Kier molecular flexibility index (Phi) is 26.3. The number of thiazole rings is 1. The lowest BCUT2D eigenvalue weighted by molar-refractivity contribution is -0.115. The molecule has 0 aliphatic rings. The highest BCUT2D eigenvalue weighted by molar-refractivity contribution is 7.13. The Balaban J connectivity index is 0. The van der Waals surface area contributed by atoms with Crippen LogP contribution in [0.5, 0.6) is 0 Å². The Morgan fingerprint density at radius 2 is 1.56 bits per heavy atom. The third-order valence-electron chi connectivity index (χ3n) is 6.34. The Morgan fingerprint density at radius 3 is 2.04 bits per heavy atom. The van der Waals surface area contributed by atoms with Crippen molar-refractivity contribution in [1.82, 2.24) is 15.0 Å². The van der Waals surface area contributed by atoms with Gasteiger partial charge in [-0.25, -0.2) is 4.98 Å². The monoisotopic (exact) mass is 639 g/mol. The molecule has 0 saturated heterocycles. The summed E-state index contributed by atoms with van der Waals surface area (Å²) in [5.74, 6) is 1.02. The molecule has 0 saturated carbocycles. The lowest BCUT2D eigenvalue weighted by atomic mass is 10.0. The molecule has 1 atom stereocenters. The molecule has 0 radical (unpaired) electrons. The number of carbonyl (C=O) groups is 2. The lowest BCUT2D eigenvalue weighted by Gasteiger charge is -2.05. The molecule has 252 valence electrons. The van der Waals surface area contributed by atoms with Crippen molar-refractivity contribution in [1.29, 1.82) is 0 Å². The maximum atomic E-state index is 12.1. The fraction of sp³-hybridized carbons (Fsp3) is 0.526. The van der Waals surface area contributed by atoms with Gasteiger partial charge in [0.2, 0.25) is 0 Å². The number of nitrogens with one attached hydrogen (secondary N) is 2. The molecular weight excluding hydrogens is 579 g/mol. The number of Topliss-reactive ketones (excluding diaryl/α,β-unsaturated/α-hetero) is 2. The Bertz CT molecular complexity index is 1310. The third kappa shape index (κ3) is 19.6. The largest absolute Gasteiger partial charge is 0.364 e. The molecule has 0 aliphatic carbocycles. The molecule has 2 N–H and O–H groups in total. The minimum absolute atomic E-state index is 0.104. The summed E-state index contributed by atoms with van der Waals surface area (Å²) in [5.41, 5.74) is 4.39. The van der Waals surface area contributed by atoms with E-state index in [9.17, 15) is 14.4 Å². The van der Waals surface area contributed by atoms with E-state index in [2.05, 4.69) is 70.0 Å². The number of hydrogen-bond acceptors (Lipinski definition) is 5. The van der Waals surface area contributed by atoms with Crippen LogP contribution < -0.4 is 5.56 Å². The van der Waals surface area contributed by atoms with Crippen LogP contribution in [0.1, 0.15) is 142 Å². The molecule has 0 aromatic carbocycles. The van der Waals surface area contributed by atoms with Gasteiger partial charge in [0, 0.05) is 40.2 Å². The standard InChI is InChI=1S/C19H17N3O2S.C9H20.C4H10.C3H6O.C3H8/c1-4-5-6-14-11(2)20-9-16(14)17-10-25-19(22-17)15-7-13(12(3)23)8-21-18(15)24;1-4-6-7-8-9(3)5-2;1-3-4-2;1-3(2)4;1-3-2/h4-10,20H,1H2,2-3H3,(H,21,24);9H,4-8H2,1-3H3;3-4H2,1-2H3;1-2H3;3H2,1-2H3/b6-5-;;;;. The molecule has 0 fully saturated rings.